The van der Waals surface area contributed by atoms with Crippen molar-refractivity contribution >= 4 is 13.6 Å². The Balaban J connectivity index is 3.89. The van der Waals surface area contributed by atoms with E-state index in [1.807, 2.05) is 13.8 Å². The number of carbonyl (C=O) groups is 1. The summed E-state index contributed by atoms with van der Waals surface area (Å²) in [7, 11) is -2.75. The standard InChI is InChI=1S/C9H20N3O3P/c1-4-9(13)15-8-7-12-16(14,10-5-2)11-6-3/h4H,1,5-8H2,2-3H3,(H3,10,11,12,14). The Morgan fingerprint density at radius 2 is 1.88 bits per heavy atom. The van der Waals surface area contributed by atoms with Crippen molar-refractivity contribution in [2.75, 3.05) is 26.2 Å². The van der Waals surface area contributed by atoms with Crippen LogP contribution < -0.4 is 15.3 Å². The summed E-state index contributed by atoms with van der Waals surface area (Å²) in [5.74, 6) is -0.483. The third-order valence-corrected chi connectivity index (χ3v) is 3.80. The van der Waals surface area contributed by atoms with E-state index in [9.17, 15) is 9.36 Å². The molecule has 0 aliphatic carbocycles. The Kier molecular flexibility index (Phi) is 8.11. The van der Waals surface area contributed by atoms with Crippen LogP contribution >= 0.6 is 7.59 Å². The van der Waals surface area contributed by atoms with Crippen LogP contribution in [-0.2, 0) is 14.1 Å². The molecule has 0 spiro atoms. The molecule has 0 aromatic heterocycles. The van der Waals surface area contributed by atoms with Crippen LogP contribution in [0, 0.1) is 0 Å². The number of nitrogens with one attached hydrogen (secondary N) is 3. The molecule has 0 aliphatic rings. The highest BCUT2D eigenvalue weighted by atomic mass is 31.2. The van der Waals surface area contributed by atoms with Crippen molar-refractivity contribution in [2.24, 2.45) is 0 Å². The lowest BCUT2D eigenvalue weighted by Crippen LogP contribution is -2.33. The van der Waals surface area contributed by atoms with Gasteiger partial charge >= 0.3 is 5.97 Å². The van der Waals surface area contributed by atoms with E-state index >= 15 is 0 Å². The molecule has 0 fully saturated rings. The molecule has 16 heavy (non-hydrogen) atoms. The van der Waals surface area contributed by atoms with E-state index in [4.69, 9.17) is 4.74 Å². The Hall–Kier alpha value is -0.680. The quantitative estimate of drug-likeness (QED) is 0.241. The predicted octanol–water partition coefficient (Wildman–Crippen LogP) is 0.632. The molecule has 0 aromatic carbocycles. The molecular formula is C9H20N3O3P. The molecule has 0 rings (SSSR count). The lowest BCUT2D eigenvalue weighted by Gasteiger charge is -2.20. The van der Waals surface area contributed by atoms with Crippen LogP contribution in [-0.4, -0.2) is 32.2 Å². The second kappa shape index (κ2) is 8.47. The molecule has 3 N–H and O–H groups in total. The fraction of sp³-hybridized carbons (Fsp3) is 0.667. The zero-order chi connectivity index (χ0) is 12.4. The van der Waals surface area contributed by atoms with E-state index < -0.39 is 13.6 Å². The summed E-state index contributed by atoms with van der Waals surface area (Å²) in [6.07, 6.45) is 1.09. The van der Waals surface area contributed by atoms with Crippen LogP contribution in [0.5, 0.6) is 0 Å². The summed E-state index contributed by atoms with van der Waals surface area (Å²) >= 11 is 0. The molecule has 0 aliphatic heterocycles. The molecular weight excluding hydrogens is 229 g/mol. The van der Waals surface area contributed by atoms with E-state index in [1.165, 1.54) is 0 Å². The third-order valence-electron chi connectivity index (χ3n) is 1.61. The van der Waals surface area contributed by atoms with Gasteiger partial charge in [-0.1, -0.05) is 20.4 Å². The van der Waals surface area contributed by atoms with E-state index in [0.29, 0.717) is 19.6 Å². The minimum Gasteiger partial charge on any atom is -0.461 e. The van der Waals surface area contributed by atoms with Crippen molar-refractivity contribution in [1.29, 1.82) is 0 Å². The first kappa shape index (κ1) is 15.3. The molecule has 0 amide bonds. The van der Waals surface area contributed by atoms with Crippen molar-refractivity contribution in [2.45, 2.75) is 13.8 Å². The van der Waals surface area contributed by atoms with Gasteiger partial charge in [-0.15, -0.1) is 0 Å². The van der Waals surface area contributed by atoms with Crippen LogP contribution in [0.15, 0.2) is 12.7 Å². The van der Waals surface area contributed by atoms with Gasteiger partial charge < -0.3 is 4.74 Å². The fourth-order valence-corrected chi connectivity index (χ4v) is 2.66. The molecule has 0 unspecified atom stereocenters. The van der Waals surface area contributed by atoms with Gasteiger partial charge in [-0.25, -0.2) is 20.1 Å². The summed E-state index contributed by atoms with van der Waals surface area (Å²) < 4.78 is 16.8. The number of carbonyl (C=O) groups excluding carboxylic acids is 1. The minimum atomic E-state index is -2.75. The minimum absolute atomic E-state index is 0.158. The van der Waals surface area contributed by atoms with Crippen LogP contribution in [0.1, 0.15) is 13.8 Å². The zero-order valence-corrected chi connectivity index (χ0v) is 10.7. The van der Waals surface area contributed by atoms with Gasteiger partial charge in [-0.2, -0.15) is 0 Å². The Morgan fingerprint density at radius 3 is 2.31 bits per heavy atom. The second-order valence-electron chi connectivity index (χ2n) is 2.91. The van der Waals surface area contributed by atoms with E-state index in [-0.39, 0.29) is 6.61 Å². The predicted molar refractivity (Wildman–Crippen MR) is 64.1 cm³/mol. The molecule has 0 saturated heterocycles. The average molecular weight is 249 g/mol. The van der Waals surface area contributed by atoms with Gasteiger partial charge in [0.25, 0.3) is 7.59 Å². The van der Waals surface area contributed by atoms with Gasteiger partial charge in [0.05, 0.1) is 0 Å². The molecule has 0 bridgehead atoms. The van der Waals surface area contributed by atoms with E-state index in [2.05, 4.69) is 21.8 Å². The van der Waals surface area contributed by atoms with Gasteiger partial charge in [0.15, 0.2) is 0 Å². The van der Waals surface area contributed by atoms with Gasteiger partial charge in [0.1, 0.15) is 6.61 Å². The molecule has 6 nitrogen and oxygen atoms in total. The maximum Gasteiger partial charge on any atom is 0.330 e. The number of rotatable bonds is 9. The molecule has 0 aromatic rings. The van der Waals surface area contributed by atoms with Crippen molar-refractivity contribution in [3.63, 3.8) is 0 Å². The van der Waals surface area contributed by atoms with Gasteiger partial charge in [0, 0.05) is 25.7 Å². The first-order valence-electron chi connectivity index (χ1n) is 5.22. The Labute approximate surface area is 96.4 Å². The number of hydrogen-bond acceptors (Lipinski definition) is 3. The Bertz CT molecular complexity index is 261. The van der Waals surface area contributed by atoms with Crippen LogP contribution in [0.2, 0.25) is 0 Å². The Morgan fingerprint density at radius 1 is 1.31 bits per heavy atom. The average Bonchev–Trinajstić information content (AvgIpc) is 2.25. The zero-order valence-electron chi connectivity index (χ0n) is 9.78. The molecule has 0 heterocycles. The highest BCUT2D eigenvalue weighted by molar-refractivity contribution is 7.57. The lowest BCUT2D eigenvalue weighted by molar-refractivity contribution is -0.137. The maximum atomic E-state index is 12.0. The second-order valence-corrected chi connectivity index (χ2v) is 5.08. The first-order chi connectivity index (χ1) is 7.58. The number of ether oxygens (including phenoxy) is 1. The molecule has 0 atom stereocenters. The van der Waals surface area contributed by atoms with Gasteiger partial charge in [0.2, 0.25) is 0 Å². The molecule has 7 heteroatoms. The molecule has 0 saturated carbocycles. The topological polar surface area (TPSA) is 79.5 Å². The van der Waals surface area contributed by atoms with E-state index in [1.54, 1.807) is 0 Å². The first-order valence-corrected chi connectivity index (χ1v) is 6.93. The number of esters is 1. The SMILES string of the molecule is C=CC(=O)OCCNP(=O)(NCC)NCC. The van der Waals surface area contributed by atoms with Gasteiger partial charge in [-0.05, 0) is 0 Å². The summed E-state index contributed by atoms with van der Waals surface area (Å²) in [6.45, 7) is 8.65. The normalized spacial score (nSPS) is 11.1. The highest BCUT2D eigenvalue weighted by Crippen LogP contribution is 2.28. The van der Waals surface area contributed by atoms with Crippen molar-refractivity contribution in [3.05, 3.63) is 12.7 Å². The van der Waals surface area contributed by atoms with Crippen molar-refractivity contribution in [1.82, 2.24) is 15.3 Å². The van der Waals surface area contributed by atoms with Crippen LogP contribution in [0.25, 0.3) is 0 Å². The van der Waals surface area contributed by atoms with Crippen molar-refractivity contribution < 1.29 is 14.1 Å². The largest absolute Gasteiger partial charge is 0.461 e. The van der Waals surface area contributed by atoms with Crippen molar-refractivity contribution in [3.8, 4) is 0 Å². The summed E-state index contributed by atoms with van der Waals surface area (Å²) in [5.41, 5.74) is 0. The maximum absolute atomic E-state index is 12.0. The monoisotopic (exact) mass is 249 g/mol. The van der Waals surface area contributed by atoms with Crippen LogP contribution in [0.3, 0.4) is 0 Å². The number of hydrogen-bond donors (Lipinski definition) is 3. The highest BCUT2D eigenvalue weighted by Gasteiger charge is 2.17. The van der Waals surface area contributed by atoms with Gasteiger partial charge in [-0.3, -0.25) is 4.57 Å². The summed E-state index contributed by atoms with van der Waals surface area (Å²) in [5, 5.41) is 8.47. The van der Waals surface area contributed by atoms with Crippen LogP contribution in [0.4, 0.5) is 0 Å². The fourth-order valence-electron chi connectivity index (χ4n) is 1.03. The molecule has 94 valence electrons. The third kappa shape index (κ3) is 6.74. The summed E-state index contributed by atoms with van der Waals surface area (Å²) in [6, 6.07) is 0. The molecule has 0 radical (unpaired) electrons. The van der Waals surface area contributed by atoms with E-state index in [0.717, 1.165) is 6.08 Å². The summed E-state index contributed by atoms with van der Waals surface area (Å²) in [4.78, 5) is 10.7. The lowest BCUT2D eigenvalue weighted by atomic mass is 10.6. The smallest absolute Gasteiger partial charge is 0.330 e.